The van der Waals surface area contributed by atoms with Crippen molar-refractivity contribution in [3.63, 3.8) is 0 Å². The number of hydrogen-bond donors (Lipinski definition) is 1. The summed E-state index contributed by atoms with van der Waals surface area (Å²) in [6, 6.07) is 5.41. The lowest BCUT2D eigenvalue weighted by Crippen LogP contribution is -2.29. The quantitative estimate of drug-likeness (QED) is 0.807. The normalized spacial score (nSPS) is 28.3. The third-order valence-corrected chi connectivity index (χ3v) is 3.97. The number of anilines is 1. The highest BCUT2D eigenvalue weighted by molar-refractivity contribution is 5.56. The topological polar surface area (TPSA) is 21.3 Å². The molecule has 1 N–H and O–H groups in total. The Kier molecular flexibility index (Phi) is 3.02. The van der Waals surface area contributed by atoms with Gasteiger partial charge in [-0.15, -0.1) is 0 Å². The molecule has 92 valence electrons. The lowest BCUT2D eigenvalue weighted by Gasteiger charge is -2.35. The van der Waals surface area contributed by atoms with Crippen molar-refractivity contribution in [2.24, 2.45) is 5.92 Å². The Bertz CT molecular complexity index is 401. The Balaban J connectivity index is 1.90. The molecule has 3 rings (SSSR count). The van der Waals surface area contributed by atoms with Gasteiger partial charge in [-0.25, -0.2) is 4.39 Å². The van der Waals surface area contributed by atoms with E-state index in [2.05, 4.69) is 11.4 Å². The number of rotatable bonds is 1. The minimum absolute atomic E-state index is 0.121. The average molecular weight is 235 g/mol. The van der Waals surface area contributed by atoms with Gasteiger partial charge in [-0.1, -0.05) is 12.1 Å². The molecular formula is C14H18FNO. The maximum Gasteiger partial charge on any atom is 0.146 e. The maximum absolute atomic E-state index is 13.7. The largest absolute Gasteiger partial charge is 0.382 e. The summed E-state index contributed by atoms with van der Waals surface area (Å²) in [6.07, 6.45) is 3.43. The molecule has 1 aromatic carbocycles. The van der Waals surface area contributed by atoms with Gasteiger partial charge in [0.15, 0.2) is 0 Å². The fraction of sp³-hybridized carbons (Fsp3) is 0.571. The van der Waals surface area contributed by atoms with Crippen LogP contribution >= 0.6 is 0 Å². The van der Waals surface area contributed by atoms with Crippen molar-refractivity contribution < 1.29 is 9.13 Å². The van der Waals surface area contributed by atoms with Crippen LogP contribution in [0.1, 0.15) is 30.7 Å². The summed E-state index contributed by atoms with van der Waals surface area (Å²) in [4.78, 5) is 0. The molecular weight excluding hydrogens is 217 g/mol. The van der Waals surface area contributed by atoms with E-state index in [-0.39, 0.29) is 5.82 Å². The highest BCUT2D eigenvalue weighted by Gasteiger charge is 2.30. The molecule has 1 saturated heterocycles. The molecule has 0 aliphatic carbocycles. The molecule has 2 nitrogen and oxygen atoms in total. The van der Waals surface area contributed by atoms with Crippen molar-refractivity contribution in [1.82, 2.24) is 0 Å². The van der Waals surface area contributed by atoms with Gasteiger partial charge in [0.05, 0.1) is 5.69 Å². The molecule has 0 bridgehead atoms. The number of fused-ring (bicyclic) bond motifs is 1. The van der Waals surface area contributed by atoms with E-state index < -0.39 is 0 Å². The molecule has 17 heavy (non-hydrogen) atoms. The van der Waals surface area contributed by atoms with Gasteiger partial charge in [-0.2, -0.15) is 0 Å². The highest BCUT2D eigenvalue weighted by Crippen LogP contribution is 2.40. The number of nitrogens with one attached hydrogen (secondary N) is 1. The van der Waals surface area contributed by atoms with Crippen molar-refractivity contribution in [1.29, 1.82) is 0 Å². The van der Waals surface area contributed by atoms with Gasteiger partial charge in [0.25, 0.3) is 0 Å². The Morgan fingerprint density at radius 1 is 1.29 bits per heavy atom. The van der Waals surface area contributed by atoms with Gasteiger partial charge in [0, 0.05) is 19.8 Å². The van der Waals surface area contributed by atoms with E-state index in [0.717, 1.165) is 38.2 Å². The number of ether oxygens (including phenoxy) is 1. The molecule has 0 saturated carbocycles. The van der Waals surface area contributed by atoms with Crippen LogP contribution < -0.4 is 5.32 Å². The first-order chi connectivity index (χ1) is 8.36. The summed E-state index contributed by atoms with van der Waals surface area (Å²) in [5.41, 5.74) is 1.86. The maximum atomic E-state index is 13.7. The second-order valence-electron chi connectivity index (χ2n) is 5.00. The molecule has 2 aliphatic heterocycles. The van der Waals surface area contributed by atoms with E-state index in [9.17, 15) is 4.39 Å². The molecule has 1 fully saturated rings. The minimum Gasteiger partial charge on any atom is -0.382 e. The van der Waals surface area contributed by atoms with Crippen LogP contribution in [0.25, 0.3) is 0 Å². The summed E-state index contributed by atoms with van der Waals surface area (Å²) in [5.74, 6) is 0.901. The average Bonchev–Trinajstić information content (AvgIpc) is 2.40. The Morgan fingerprint density at radius 3 is 3.06 bits per heavy atom. The van der Waals surface area contributed by atoms with Gasteiger partial charge >= 0.3 is 0 Å². The summed E-state index contributed by atoms with van der Waals surface area (Å²) in [5, 5.41) is 3.18. The number of hydrogen-bond acceptors (Lipinski definition) is 2. The zero-order chi connectivity index (χ0) is 11.7. The molecule has 1 aromatic rings. The predicted octanol–water partition coefficient (Wildman–Crippen LogP) is 3.15. The van der Waals surface area contributed by atoms with Crippen LogP contribution in [0, 0.1) is 11.7 Å². The number of halogens is 1. The van der Waals surface area contributed by atoms with Crippen LogP contribution in [0.3, 0.4) is 0 Å². The first-order valence-corrected chi connectivity index (χ1v) is 6.46. The van der Waals surface area contributed by atoms with Gasteiger partial charge < -0.3 is 10.1 Å². The van der Waals surface area contributed by atoms with Gasteiger partial charge in [-0.3, -0.25) is 0 Å². The van der Waals surface area contributed by atoms with Crippen LogP contribution in [0.2, 0.25) is 0 Å². The van der Waals surface area contributed by atoms with E-state index >= 15 is 0 Å². The molecule has 2 atom stereocenters. The van der Waals surface area contributed by atoms with Crippen molar-refractivity contribution in [3.05, 3.63) is 29.6 Å². The van der Waals surface area contributed by atoms with Crippen LogP contribution in [-0.4, -0.2) is 19.8 Å². The van der Waals surface area contributed by atoms with Crippen molar-refractivity contribution in [2.75, 3.05) is 25.1 Å². The fourth-order valence-corrected chi connectivity index (χ4v) is 3.12. The lowest BCUT2D eigenvalue weighted by atomic mass is 9.78. The molecule has 0 radical (unpaired) electrons. The van der Waals surface area contributed by atoms with E-state index in [1.807, 2.05) is 6.07 Å². The Labute approximate surface area is 101 Å². The number of benzene rings is 1. The molecule has 2 heterocycles. The lowest BCUT2D eigenvalue weighted by molar-refractivity contribution is 0.0428. The summed E-state index contributed by atoms with van der Waals surface area (Å²) in [6.45, 7) is 2.59. The van der Waals surface area contributed by atoms with Gasteiger partial charge in [0.2, 0.25) is 0 Å². The zero-order valence-electron chi connectivity index (χ0n) is 9.92. The van der Waals surface area contributed by atoms with Crippen LogP contribution in [0.15, 0.2) is 18.2 Å². The monoisotopic (exact) mass is 235 g/mol. The Hall–Kier alpha value is -1.09. The standard InChI is InChI=1S/C14H18FNO/c15-13-5-1-4-12-11(6-7-16-14(12)13)10-3-2-8-17-9-10/h1,4-5,10-11,16H,2-3,6-9H2. The Morgan fingerprint density at radius 2 is 2.24 bits per heavy atom. The van der Waals surface area contributed by atoms with Crippen molar-refractivity contribution >= 4 is 5.69 Å². The summed E-state index contributed by atoms with van der Waals surface area (Å²) in [7, 11) is 0. The van der Waals surface area contributed by atoms with Crippen LogP contribution in [-0.2, 0) is 4.74 Å². The third kappa shape index (κ3) is 2.04. The van der Waals surface area contributed by atoms with E-state index in [1.165, 1.54) is 12.5 Å². The molecule has 3 heteroatoms. The van der Waals surface area contributed by atoms with Crippen molar-refractivity contribution in [3.8, 4) is 0 Å². The van der Waals surface area contributed by atoms with E-state index in [1.54, 1.807) is 0 Å². The highest BCUT2D eigenvalue weighted by atomic mass is 19.1. The summed E-state index contributed by atoms with van der Waals surface area (Å²) < 4.78 is 19.3. The van der Waals surface area contributed by atoms with Crippen molar-refractivity contribution in [2.45, 2.75) is 25.2 Å². The number of para-hydroxylation sites is 1. The first kappa shape index (κ1) is 11.0. The first-order valence-electron chi connectivity index (χ1n) is 6.46. The molecule has 2 unspecified atom stereocenters. The predicted molar refractivity (Wildman–Crippen MR) is 65.8 cm³/mol. The minimum atomic E-state index is -0.121. The second-order valence-corrected chi connectivity index (χ2v) is 5.00. The zero-order valence-corrected chi connectivity index (χ0v) is 9.92. The third-order valence-electron chi connectivity index (χ3n) is 3.97. The van der Waals surface area contributed by atoms with Gasteiger partial charge in [-0.05, 0) is 42.7 Å². The smallest absolute Gasteiger partial charge is 0.146 e. The van der Waals surface area contributed by atoms with Crippen LogP contribution in [0.5, 0.6) is 0 Å². The second kappa shape index (κ2) is 4.65. The van der Waals surface area contributed by atoms with E-state index in [4.69, 9.17) is 4.74 Å². The summed E-state index contributed by atoms with van der Waals surface area (Å²) >= 11 is 0. The van der Waals surface area contributed by atoms with E-state index in [0.29, 0.717) is 17.5 Å². The fourth-order valence-electron chi connectivity index (χ4n) is 3.12. The molecule has 2 aliphatic rings. The molecule has 0 aromatic heterocycles. The SMILES string of the molecule is Fc1cccc2c1NCCC2C1CCCOC1. The molecule has 0 spiro atoms. The molecule has 0 amide bonds. The van der Waals surface area contributed by atoms with Gasteiger partial charge in [0.1, 0.15) is 5.82 Å². The van der Waals surface area contributed by atoms with Crippen LogP contribution in [0.4, 0.5) is 10.1 Å².